The molecule has 0 spiro atoms. The van der Waals surface area contributed by atoms with Crippen LogP contribution in [0.4, 0.5) is 10.1 Å². The first-order valence-corrected chi connectivity index (χ1v) is 5.84. The third kappa shape index (κ3) is 4.90. The van der Waals surface area contributed by atoms with Crippen molar-refractivity contribution in [2.75, 3.05) is 20.3 Å². The van der Waals surface area contributed by atoms with Gasteiger partial charge >= 0.3 is 0 Å². The van der Waals surface area contributed by atoms with Gasteiger partial charge in [0, 0.05) is 37.9 Å². The van der Waals surface area contributed by atoms with Crippen molar-refractivity contribution in [3.8, 4) is 0 Å². The van der Waals surface area contributed by atoms with Gasteiger partial charge in [-0.1, -0.05) is 0 Å². The Labute approximate surface area is 110 Å². The van der Waals surface area contributed by atoms with Gasteiger partial charge in [0.25, 0.3) is 5.69 Å². The van der Waals surface area contributed by atoms with E-state index in [4.69, 9.17) is 9.84 Å². The Hall–Kier alpha value is -1.57. The van der Waals surface area contributed by atoms with Gasteiger partial charge in [-0.15, -0.1) is 0 Å². The Morgan fingerprint density at radius 3 is 2.89 bits per heavy atom. The fraction of sp³-hybridized carbons (Fsp3) is 0.500. The van der Waals surface area contributed by atoms with Gasteiger partial charge in [-0.25, -0.2) is 4.39 Å². The normalized spacial score (nSPS) is 12.4. The predicted molar refractivity (Wildman–Crippen MR) is 67.3 cm³/mol. The summed E-state index contributed by atoms with van der Waals surface area (Å²) < 4.78 is 18.1. The zero-order valence-corrected chi connectivity index (χ0v) is 10.6. The molecule has 1 unspecified atom stereocenters. The lowest BCUT2D eigenvalue weighted by Crippen LogP contribution is -2.33. The molecule has 0 bridgehead atoms. The molecule has 7 heteroatoms. The van der Waals surface area contributed by atoms with E-state index in [2.05, 4.69) is 5.32 Å². The number of nitro benzene ring substituents is 1. The minimum absolute atomic E-state index is 0.0216. The molecule has 1 aromatic rings. The summed E-state index contributed by atoms with van der Waals surface area (Å²) >= 11 is 0. The van der Waals surface area contributed by atoms with Crippen LogP contribution in [-0.4, -0.2) is 36.4 Å². The summed E-state index contributed by atoms with van der Waals surface area (Å²) in [5.74, 6) is -0.521. The van der Waals surface area contributed by atoms with Gasteiger partial charge in [-0.2, -0.15) is 0 Å². The first-order chi connectivity index (χ1) is 9.08. The number of methoxy groups -OCH3 is 1. The van der Waals surface area contributed by atoms with E-state index >= 15 is 0 Å². The lowest BCUT2D eigenvalue weighted by atomic mass is 10.1. The largest absolute Gasteiger partial charge is 0.396 e. The van der Waals surface area contributed by atoms with Crippen LogP contribution in [0, 0.1) is 15.9 Å². The van der Waals surface area contributed by atoms with E-state index in [9.17, 15) is 14.5 Å². The number of nitro groups is 1. The molecule has 0 aliphatic carbocycles. The molecular formula is C12H17FN2O4. The molecule has 106 valence electrons. The summed E-state index contributed by atoms with van der Waals surface area (Å²) in [6.45, 7) is 0.484. The van der Waals surface area contributed by atoms with Crippen LogP contribution < -0.4 is 5.32 Å². The number of hydrogen-bond donors (Lipinski definition) is 2. The van der Waals surface area contributed by atoms with Crippen molar-refractivity contribution >= 4 is 5.69 Å². The van der Waals surface area contributed by atoms with Gasteiger partial charge in [0.1, 0.15) is 5.82 Å². The topological polar surface area (TPSA) is 84.6 Å². The number of rotatable bonds is 8. The Kier molecular flexibility index (Phi) is 6.34. The minimum Gasteiger partial charge on any atom is -0.396 e. The number of ether oxygens (including phenoxy) is 1. The van der Waals surface area contributed by atoms with Gasteiger partial charge in [-0.05, 0) is 18.6 Å². The van der Waals surface area contributed by atoms with Crippen molar-refractivity contribution in [3.05, 3.63) is 39.7 Å². The molecule has 2 N–H and O–H groups in total. The third-order valence-corrected chi connectivity index (χ3v) is 2.66. The standard InChI is InChI=1S/C12H17FN2O4/c1-19-8-11(4-5-16)14-7-9-6-10(13)2-3-12(9)15(17)18/h2-3,6,11,14,16H,4-5,7-8H2,1H3. The summed E-state index contributed by atoms with van der Waals surface area (Å²) in [5, 5.41) is 22.7. The van der Waals surface area contributed by atoms with Crippen LogP contribution in [0.15, 0.2) is 18.2 Å². The second-order valence-electron chi connectivity index (χ2n) is 4.08. The summed E-state index contributed by atoms with van der Waals surface area (Å²) in [5.41, 5.74) is 0.137. The summed E-state index contributed by atoms with van der Waals surface area (Å²) in [6.07, 6.45) is 0.455. The molecule has 1 rings (SSSR count). The van der Waals surface area contributed by atoms with E-state index in [0.29, 0.717) is 13.0 Å². The lowest BCUT2D eigenvalue weighted by molar-refractivity contribution is -0.385. The second-order valence-corrected chi connectivity index (χ2v) is 4.08. The molecule has 6 nitrogen and oxygen atoms in total. The molecule has 0 fully saturated rings. The first kappa shape index (κ1) is 15.5. The highest BCUT2D eigenvalue weighted by atomic mass is 19.1. The highest BCUT2D eigenvalue weighted by Crippen LogP contribution is 2.19. The first-order valence-electron chi connectivity index (χ1n) is 5.84. The van der Waals surface area contributed by atoms with Crippen LogP contribution in [0.5, 0.6) is 0 Å². The highest BCUT2D eigenvalue weighted by molar-refractivity contribution is 5.40. The smallest absolute Gasteiger partial charge is 0.274 e. The van der Waals surface area contributed by atoms with E-state index < -0.39 is 10.7 Å². The van der Waals surface area contributed by atoms with E-state index in [1.54, 1.807) is 0 Å². The van der Waals surface area contributed by atoms with Gasteiger partial charge in [0.2, 0.25) is 0 Å². The molecule has 0 aliphatic heterocycles. The molecule has 0 radical (unpaired) electrons. The second kappa shape index (κ2) is 7.78. The predicted octanol–water partition coefficient (Wildman–Crippen LogP) is 1.22. The number of benzene rings is 1. The van der Waals surface area contributed by atoms with Crippen LogP contribution in [0.2, 0.25) is 0 Å². The van der Waals surface area contributed by atoms with E-state index in [1.807, 2.05) is 0 Å². The minimum atomic E-state index is -0.548. The summed E-state index contributed by atoms with van der Waals surface area (Å²) in [4.78, 5) is 10.3. The maximum absolute atomic E-state index is 13.1. The van der Waals surface area contributed by atoms with Crippen molar-refractivity contribution < 1.29 is 19.2 Å². The molecule has 0 heterocycles. The number of nitrogens with one attached hydrogen (secondary N) is 1. The number of nitrogens with zero attached hydrogens (tertiary/aromatic N) is 1. The van der Waals surface area contributed by atoms with E-state index in [0.717, 1.165) is 18.2 Å². The van der Waals surface area contributed by atoms with Crippen LogP contribution in [0.25, 0.3) is 0 Å². The molecule has 0 amide bonds. The molecular weight excluding hydrogens is 255 g/mol. The molecule has 0 aromatic heterocycles. The summed E-state index contributed by atoms with van der Waals surface area (Å²) in [7, 11) is 1.52. The monoisotopic (exact) mass is 272 g/mol. The molecule has 0 aliphatic rings. The van der Waals surface area contributed by atoms with Crippen molar-refractivity contribution in [3.63, 3.8) is 0 Å². The number of hydrogen-bond acceptors (Lipinski definition) is 5. The van der Waals surface area contributed by atoms with Gasteiger partial charge in [0.05, 0.1) is 11.5 Å². The maximum Gasteiger partial charge on any atom is 0.274 e. The van der Waals surface area contributed by atoms with Gasteiger partial charge < -0.3 is 15.2 Å². The molecule has 1 atom stereocenters. The van der Waals surface area contributed by atoms with Crippen LogP contribution in [-0.2, 0) is 11.3 Å². The van der Waals surface area contributed by atoms with Crippen molar-refractivity contribution in [2.45, 2.75) is 19.0 Å². The van der Waals surface area contributed by atoms with Crippen LogP contribution in [0.3, 0.4) is 0 Å². The molecule has 0 saturated carbocycles. The average Bonchev–Trinajstić information content (AvgIpc) is 2.36. The Balaban J connectivity index is 2.74. The fourth-order valence-corrected chi connectivity index (χ4v) is 1.73. The highest BCUT2D eigenvalue weighted by Gasteiger charge is 2.16. The van der Waals surface area contributed by atoms with Crippen molar-refractivity contribution in [1.82, 2.24) is 5.32 Å². The Bertz CT molecular complexity index is 422. The van der Waals surface area contributed by atoms with Crippen molar-refractivity contribution in [1.29, 1.82) is 0 Å². The fourth-order valence-electron chi connectivity index (χ4n) is 1.73. The third-order valence-electron chi connectivity index (χ3n) is 2.66. The Morgan fingerprint density at radius 1 is 1.58 bits per heavy atom. The number of halogens is 1. The number of aliphatic hydroxyl groups excluding tert-OH is 1. The van der Waals surface area contributed by atoms with Crippen LogP contribution >= 0.6 is 0 Å². The maximum atomic E-state index is 13.1. The zero-order valence-electron chi connectivity index (χ0n) is 10.6. The molecule has 19 heavy (non-hydrogen) atoms. The number of aliphatic hydroxyl groups is 1. The van der Waals surface area contributed by atoms with Crippen molar-refractivity contribution in [2.24, 2.45) is 0 Å². The SMILES string of the molecule is COCC(CCO)NCc1cc(F)ccc1[N+](=O)[O-]. The Morgan fingerprint density at radius 2 is 2.32 bits per heavy atom. The summed E-state index contributed by atoms with van der Waals surface area (Å²) in [6, 6.07) is 3.19. The van der Waals surface area contributed by atoms with Crippen LogP contribution in [0.1, 0.15) is 12.0 Å². The van der Waals surface area contributed by atoms with E-state index in [-0.39, 0.29) is 30.4 Å². The molecule has 0 saturated heterocycles. The quantitative estimate of drug-likeness (QED) is 0.549. The van der Waals surface area contributed by atoms with Gasteiger partial charge in [-0.3, -0.25) is 10.1 Å². The van der Waals surface area contributed by atoms with Gasteiger partial charge in [0.15, 0.2) is 0 Å². The van der Waals surface area contributed by atoms with E-state index in [1.165, 1.54) is 7.11 Å². The zero-order chi connectivity index (χ0) is 14.3. The lowest BCUT2D eigenvalue weighted by Gasteiger charge is -2.16. The average molecular weight is 272 g/mol. The molecule has 1 aromatic carbocycles.